The maximum Gasteiger partial charge on any atom is 0.182 e. The van der Waals surface area contributed by atoms with E-state index in [0.29, 0.717) is 6.04 Å². The highest BCUT2D eigenvalue weighted by Crippen LogP contribution is 2.34. The van der Waals surface area contributed by atoms with Crippen molar-refractivity contribution in [3.63, 3.8) is 0 Å². The molecule has 1 atom stereocenters. The van der Waals surface area contributed by atoms with E-state index in [0.717, 1.165) is 24.8 Å². The lowest BCUT2D eigenvalue weighted by Crippen LogP contribution is -2.32. The lowest BCUT2D eigenvalue weighted by Gasteiger charge is -2.33. The maximum atomic E-state index is 4.41. The molecule has 2 aromatic rings. The molecule has 1 N–H and O–H groups in total. The zero-order valence-corrected chi connectivity index (χ0v) is 13.0. The van der Waals surface area contributed by atoms with Crippen LogP contribution in [-0.2, 0) is 13.0 Å². The van der Waals surface area contributed by atoms with E-state index >= 15 is 0 Å². The Labute approximate surface area is 122 Å². The fourth-order valence-electron chi connectivity index (χ4n) is 2.59. The van der Waals surface area contributed by atoms with Gasteiger partial charge in [0.1, 0.15) is 0 Å². The number of aromatic nitrogens is 1. The van der Waals surface area contributed by atoms with E-state index in [9.17, 15) is 0 Å². The van der Waals surface area contributed by atoms with Gasteiger partial charge >= 0.3 is 0 Å². The van der Waals surface area contributed by atoms with Crippen LogP contribution < -0.4 is 5.32 Å². The van der Waals surface area contributed by atoms with Gasteiger partial charge in [0.25, 0.3) is 0 Å². The van der Waals surface area contributed by atoms with E-state index in [-0.39, 0.29) is 0 Å². The van der Waals surface area contributed by atoms with Gasteiger partial charge in [0.2, 0.25) is 0 Å². The second-order valence-electron chi connectivity index (χ2n) is 4.86. The molecule has 0 spiro atoms. The molecule has 5 heteroatoms. The summed E-state index contributed by atoms with van der Waals surface area (Å²) >= 11 is 3.68. The van der Waals surface area contributed by atoms with Gasteiger partial charge < -0.3 is 5.32 Å². The minimum absolute atomic E-state index is 0.527. The third-order valence-electron chi connectivity index (χ3n) is 3.64. The van der Waals surface area contributed by atoms with Crippen LogP contribution in [0.25, 0.3) is 0 Å². The van der Waals surface area contributed by atoms with Gasteiger partial charge in [0.15, 0.2) is 5.13 Å². The Balaban J connectivity index is 1.70. The standard InChI is InChI=1S/C14H19N3S2/c1-3-15-14-16-8-11(19-14)9-17-6-4-13-12(10(17)2)5-7-18-13/h5,7-8,10H,3-4,6,9H2,1-2H3,(H,15,16). The molecule has 1 aliphatic rings. The van der Waals surface area contributed by atoms with Crippen molar-refractivity contribution < 1.29 is 0 Å². The van der Waals surface area contributed by atoms with Gasteiger partial charge in [-0.05, 0) is 37.3 Å². The SMILES string of the molecule is CCNc1ncc(CN2CCc3sccc3C2C)s1. The molecule has 3 heterocycles. The van der Waals surface area contributed by atoms with Crippen LogP contribution in [-0.4, -0.2) is 23.0 Å². The molecule has 3 rings (SSSR count). The van der Waals surface area contributed by atoms with Crippen molar-refractivity contribution in [3.8, 4) is 0 Å². The molecular weight excluding hydrogens is 274 g/mol. The minimum atomic E-state index is 0.527. The van der Waals surface area contributed by atoms with Gasteiger partial charge in [-0.25, -0.2) is 4.98 Å². The summed E-state index contributed by atoms with van der Waals surface area (Å²) in [4.78, 5) is 9.89. The third-order valence-corrected chi connectivity index (χ3v) is 5.58. The van der Waals surface area contributed by atoms with Crippen LogP contribution in [0.4, 0.5) is 5.13 Å². The molecule has 0 saturated heterocycles. The molecule has 0 radical (unpaired) electrons. The largest absolute Gasteiger partial charge is 0.362 e. The average molecular weight is 293 g/mol. The van der Waals surface area contributed by atoms with Gasteiger partial charge in [0.05, 0.1) is 0 Å². The summed E-state index contributed by atoms with van der Waals surface area (Å²) < 4.78 is 0. The number of nitrogens with zero attached hydrogens (tertiary/aromatic N) is 2. The molecule has 0 amide bonds. The van der Waals surface area contributed by atoms with Gasteiger partial charge in [-0.3, -0.25) is 4.90 Å². The zero-order valence-electron chi connectivity index (χ0n) is 11.3. The Kier molecular flexibility index (Phi) is 3.86. The zero-order chi connectivity index (χ0) is 13.2. The first-order chi connectivity index (χ1) is 9.28. The van der Waals surface area contributed by atoms with Crippen LogP contribution in [0.1, 0.15) is 35.2 Å². The molecule has 0 fully saturated rings. The predicted molar refractivity (Wildman–Crippen MR) is 83.1 cm³/mol. The van der Waals surface area contributed by atoms with Crippen LogP contribution >= 0.6 is 22.7 Å². The highest BCUT2D eigenvalue weighted by molar-refractivity contribution is 7.15. The van der Waals surface area contributed by atoms with E-state index in [1.54, 1.807) is 16.2 Å². The number of hydrogen-bond acceptors (Lipinski definition) is 5. The number of hydrogen-bond donors (Lipinski definition) is 1. The van der Waals surface area contributed by atoms with Gasteiger partial charge in [-0.15, -0.1) is 22.7 Å². The summed E-state index contributed by atoms with van der Waals surface area (Å²) in [7, 11) is 0. The first kappa shape index (κ1) is 13.1. The summed E-state index contributed by atoms with van der Waals surface area (Å²) in [6, 6.07) is 2.81. The third kappa shape index (κ3) is 2.68. The molecule has 0 aliphatic carbocycles. The highest BCUT2D eigenvalue weighted by Gasteiger charge is 2.24. The Morgan fingerprint density at radius 3 is 3.26 bits per heavy atom. The highest BCUT2D eigenvalue weighted by atomic mass is 32.1. The molecule has 1 aliphatic heterocycles. The Hall–Kier alpha value is -0.910. The van der Waals surface area contributed by atoms with Crippen molar-refractivity contribution in [1.29, 1.82) is 0 Å². The molecule has 1 unspecified atom stereocenters. The Morgan fingerprint density at radius 2 is 2.42 bits per heavy atom. The van der Waals surface area contributed by atoms with Crippen molar-refractivity contribution in [2.24, 2.45) is 0 Å². The number of fused-ring (bicyclic) bond motifs is 1. The van der Waals surface area contributed by atoms with Gasteiger partial charge in [0, 0.05) is 41.6 Å². The molecule has 102 valence electrons. The molecule has 2 aromatic heterocycles. The van der Waals surface area contributed by atoms with Crippen molar-refractivity contribution in [1.82, 2.24) is 9.88 Å². The first-order valence-electron chi connectivity index (χ1n) is 6.77. The fraction of sp³-hybridized carbons (Fsp3) is 0.500. The molecule has 0 bridgehead atoms. The molecular formula is C14H19N3S2. The number of thiazole rings is 1. The number of anilines is 1. The van der Waals surface area contributed by atoms with Gasteiger partial charge in [-0.2, -0.15) is 0 Å². The van der Waals surface area contributed by atoms with Crippen LogP contribution in [0.15, 0.2) is 17.6 Å². The van der Waals surface area contributed by atoms with E-state index < -0.39 is 0 Å². The first-order valence-corrected chi connectivity index (χ1v) is 8.46. The summed E-state index contributed by atoms with van der Waals surface area (Å²) in [6.45, 7) is 7.52. The summed E-state index contributed by atoms with van der Waals surface area (Å²) in [5.74, 6) is 0. The number of thiophene rings is 1. The lowest BCUT2D eigenvalue weighted by atomic mass is 10.0. The van der Waals surface area contributed by atoms with E-state index in [4.69, 9.17) is 0 Å². The molecule has 0 aromatic carbocycles. The van der Waals surface area contributed by atoms with Crippen LogP contribution in [0, 0.1) is 0 Å². The molecule has 3 nitrogen and oxygen atoms in total. The van der Waals surface area contributed by atoms with Crippen molar-refractivity contribution >= 4 is 27.8 Å². The van der Waals surface area contributed by atoms with Crippen LogP contribution in [0.5, 0.6) is 0 Å². The lowest BCUT2D eigenvalue weighted by molar-refractivity contribution is 0.193. The number of rotatable bonds is 4. The summed E-state index contributed by atoms with van der Waals surface area (Å²) in [5.41, 5.74) is 1.52. The maximum absolute atomic E-state index is 4.41. The predicted octanol–water partition coefficient (Wildman–Crippen LogP) is 3.76. The average Bonchev–Trinajstić information content (AvgIpc) is 3.03. The summed E-state index contributed by atoms with van der Waals surface area (Å²) in [6.07, 6.45) is 3.20. The molecule has 0 saturated carbocycles. The van der Waals surface area contributed by atoms with Crippen LogP contribution in [0.2, 0.25) is 0 Å². The fourth-order valence-corrected chi connectivity index (χ4v) is 4.46. The monoisotopic (exact) mass is 293 g/mol. The smallest absolute Gasteiger partial charge is 0.182 e. The molecule has 19 heavy (non-hydrogen) atoms. The van der Waals surface area contributed by atoms with Crippen molar-refractivity contribution in [2.45, 2.75) is 32.9 Å². The second-order valence-corrected chi connectivity index (χ2v) is 6.97. The van der Waals surface area contributed by atoms with Crippen molar-refractivity contribution in [2.75, 3.05) is 18.4 Å². The second kappa shape index (κ2) is 5.61. The minimum Gasteiger partial charge on any atom is -0.362 e. The normalized spacial score (nSPS) is 19.4. The van der Waals surface area contributed by atoms with Crippen LogP contribution in [0.3, 0.4) is 0 Å². The van der Waals surface area contributed by atoms with Gasteiger partial charge in [-0.1, -0.05) is 0 Å². The number of nitrogens with one attached hydrogen (secondary N) is 1. The quantitative estimate of drug-likeness (QED) is 0.930. The van der Waals surface area contributed by atoms with E-state index in [1.807, 2.05) is 17.5 Å². The Bertz CT molecular complexity index is 546. The summed E-state index contributed by atoms with van der Waals surface area (Å²) in [5, 5.41) is 6.54. The van der Waals surface area contributed by atoms with Crippen molar-refractivity contribution in [3.05, 3.63) is 33.0 Å². The Morgan fingerprint density at radius 1 is 1.53 bits per heavy atom. The van der Waals surface area contributed by atoms with E-state index in [1.165, 1.54) is 16.9 Å². The topological polar surface area (TPSA) is 28.2 Å². The van der Waals surface area contributed by atoms with E-state index in [2.05, 4.69) is 40.5 Å².